The predicted molar refractivity (Wildman–Crippen MR) is 42.4 cm³/mol. The van der Waals surface area contributed by atoms with Gasteiger partial charge < -0.3 is 9.84 Å². The zero-order chi connectivity index (χ0) is 9.56. The lowest BCUT2D eigenvalue weighted by Gasteiger charge is -2.06. The molecule has 0 unspecified atom stereocenters. The lowest BCUT2D eigenvalue weighted by Crippen LogP contribution is -2.16. The summed E-state index contributed by atoms with van der Waals surface area (Å²) in [6.45, 7) is 3.67. The Hall–Kier alpha value is -1.06. The Morgan fingerprint density at radius 3 is 2.25 bits per heavy atom. The van der Waals surface area contributed by atoms with Crippen LogP contribution >= 0.6 is 0 Å². The molecule has 0 aliphatic heterocycles. The summed E-state index contributed by atoms with van der Waals surface area (Å²) in [7, 11) is 0. The Bertz CT molecular complexity index is 164. The van der Waals surface area contributed by atoms with E-state index in [1.165, 1.54) is 0 Å². The van der Waals surface area contributed by atoms with E-state index in [-0.39, 0.29) is 18.9 Å². The summed E-state index contributed by atoms with van der Waals surface area (Å²) in [6.07, 6.45) is 0.258. The number of hydrogen-bond acceptors (Lipinski definition) is 3. The van der Waals surface area contributed by atoms with E-state index < -0.39 is 11.9 Å². The van der Waals surface area contributed by atoms with Crippen molar-refractivity contribution in [2.45, 2.75) is 26.7 Å². The Morgan fingerprint density at radius 1 is 1.33 bits per heavy atom. The second-order valence-corrected chi connectivity index (χ2v) is 2.24. The van der Waals surface area contributed by atoms with Crippen LogP contribution in [0.1, 0.15) is 26.7 Å². The first kappa shape index (κ1) is 10.9. The van der Waals surface area contributed by atoms with Gasteiger partial charge in [-0.05, 0) is 13.3 Å². The summed E-state index contributed by atoms with van der Waals surface area (Å²) in [5, 5.41) is 8.55. The van der Waals surface area contributed by atoms with Gasteiger partial charge in [0.2, 0.25) is 0 Å². The standard InChI is InChI=1S/C8H13O4/c1-3-6(8(10)11)5-7(9)12-4-2/h3-5H2,1-2H3,(H,10,11). The number of carboxylic acids is 1. The van der Waals surface area contributed by atoms with Gasteiger partial charge in [0.25, 0.3) is 0 Å². The topological polar surface area (TPSA) is 63.6 Å². The number of rotatable bonds is 5. The molecule has 0 aromatic heterocycles. The highest BCUT2D eigenvalue weighted by Crippen LogP contribution is 2.11. The zero-order valence-electron chi connectivity index (χ0n) is 7.29. The van der Waals surface area contributed by atoms with Crippen molar-refractivity contribution < 1.29 is 19.4 Å². The molecule has 0 amide bonds. The predicted octanol–water partition coefficient (Wildman–Crippen LogP) is 1.01. The third-order valence-electron chi connectivity index (χ3n) is 1.39. The van der Waals surface area contributed by atoms with Crippen molar-refractivity contribution in [2.24, 2.45) is 0 Å². The highest BCUT2D eigenvalue weighted by molar-refractivity contribution is 5.88. The lowest BCUT2D eigenvalue weighted by atomic mass is 10.0. The Morgan fingerprint density at radius 2 is 1.92 bits per heavy atom. The molecule has 0 fully saturated rings. The molecule has 1 radical (unpaired) electrons. The number of esters is 1. The van der Waals surface area contributed by atoms with Gasteiger partial charge in [0.05, 0.1) is 18.9 Å². The zero-order valence-corrected chi connectivity index (χ0v) is 7.29. The fourth-order valence-corrected chi connectivity index (χ4v) is 0.738. The van der Waals surface area contributed by atoms with Crippen molar-refractivity contribution in [3.8, 4) is 0 Å². The lowest BCUT2D eigenvalue weighted by molar-refractivity contribution is -0.145. The first-order chi connectivity index (χ1) is 5.61. The van der Waals surface area contributed by atoms with Crippen LogP contribution in [-0.2, 0) is 14.3 Å². The van der Waals surface area contributed by atoms with E-state index in [9.17, 15) is 9.59 Å². The van der Waals surface area contributed by atoms with Crippen LogP contribution in [0.25, 0.3) is 0 Å². The molecular weight excluding hydrogens is 160 g/mol. The summed E-state index contributed by atoms with van der Waals surface area (Å²) in [5.74, 6) is -1.31. The number of carbonyl (C=O) groups is 2. The Kier molecular flexibility index (Phi) is 5.08. The molecule has 0 saturated carbocycles. The summed E-state index contributed by atoms with van der Waals surface area (Å²) < 4.78 is 4.60. The molecule has 0 bridgehead atoms. The number of hydrogen-bond donors (Lipinski definition) is 1. The summed E-state index contributed by atoms with van der Waals surface area (Å²) in [6, 6.07) is 0. The van der Waals surface area contributed by atoms with Crippen LogP contribution in [-0.4, -0.2) is 23.7 Å². The van der Waals surface area contributed by atoms with E-state index in [1.807, 2.05) is 0 Å². The van der Waals surface area contributed by atoms with E-state index in [0.717, 1.165) is 0 Å². The minimum Gasteiger partial charge on any atom is -0.481 e. The first-order valence-electron chi connectivity index (χ1n) is 3.85. The van der Waals surface area contributed by atoms with Crippen LogP contribution in [0.5, 0.6) is 0 Å². The van der Waals surface area contributed by atoms with Gasteiger partial charge in [-0.2, -0.15) is 0 Å². The van der Waals surface area contributed by atoms with Crippen LogP contribution in [0.4, 0.5) is 0 Å². The van der Waals surface area contributed by atoms with Crippen LogP contribution in [0, 0.1) is 5.92 Å². The van der Waals surface area contributed by atoms with Gasteiger partial charge in [-0.3, -0.25) is 9.59 Å². The Balaban J connectivity index is 3.85. The third kappa shape index (κ3) is 3.95. The van der Waals surface area contributed by atoms with Gasteiger partial charge in [0, 0.05) is 0 Å². The van der Waals surface area contributed by atoms with Crippen LogP contribution < -0.4 is 0 Å². The van der Waals surface area contributed by atoms with Gasteiger partial charge in [-0.1, -0.05) is 6.92 Å². The maximum absolute atomic E-state index is 10.8. The number of carboxylic acid groups (broad SMARTS) is 1. The van der Waals surface area contributed by atoms with E-state index >= 15 is 0 Å². The minimum absolute atomic E-state index is 0.111. The second kappa shape index (κ2) is 5.57. The van der Waals surface area contributed by atoms with E-state index in [4.69, 9.17) is 5.11 Å². The van der Waals surface area contributed by atoms with Crippen molar-refractivity contribution in [3.05, 3.63) is 5.92 Å². The molecule has 0 aromatic rings. The smallest absolute Gasteiger partial charge is 0.311 e. The van der Waals surface area contributed by atoms with Gasteiger partial charge >= 0.3 is 11.9 Å². The SMILES string of the molecule is CCOC(=O)C[C](CC)C(=O)O. The van der Waals surface area contributed by atoms with Crippen molar-refractivity contribution >= 4 is 11.9 Å². The first-order valence-corrected chi connectivity index (χ1v) is 3.85. The average molecular weight is 173 g/mol. The molecule has 0 spiro atoms. The molecule has 69 valence electrons. The van der Waals surface area contributed by atoms with Crippen molar-refractivity contribution in [2.75, 3.05) is 6.61 Å². The Labute approximate surface area is 71.5 Å². The molecule has 12 heavy (non-hydrogen) atoms. The molecule has 4 nitrogen and oxygen atoms in total. The molecule has 1 N–H and O–H groups in total. The molecule has 0 atom stereocenters. The van der Waals surface area contributed by atoms with E-state index in [2.05, 4.69) is 4.74 Å². The fourth-order valence-electron chi connectivity index (χ4n) is 0.738. The average Bonchev–Trinajstić information content (AvgIpc) is 2.00. The maximum Gasteiger partial charge on any atom is 0.311 e. The molecule has 0 aliphatic rings. The van der Waals surface area contributed by atoms with E-state index in [0.29, 0.717) is 6.42 Å². The number of ether oxygens (including phenoxy) is 1. The van der Waals surface area contributed by atoms with Gasteiger partial charge in [-0.15, -0.1) is 0 Å². The van der Waals surface area contributed by atoms with Crippen molar-refractivity contribution in [1.29, 1.82) is 0 Å². The highest BCUT2D eigenvalue weighted by Gasteiger charge is 2.20. The fraction of sp³-hybridized carbons (Fsp3) is 0.625. The molecule has 4 heteroatoms. The van der Waals surface area contributed by atoms with Crippen LogP contribution in [0.3, 0.4) is 0 Å². The quantitative estimate of drug-likeness (QED) is 0.630. The molecule has 0 rings (SSSR count). The molecule has 0 aromatic carbocycles. The van der Waals surface area contributed by atoms with E-state index in [1.54, 1.807) is 13.8 Å². The molecular formula is C8H13O4. The molecule has 0 heterocycles. The molecule has 0 aliphatic carbocycles. The minimum atomic E-state index is -1.02. The van der Waals surface area contributed by atoms with Crippen molar-refractivity contribution in [1.82, 2.24) is 0 Å². The maximum atomic E-state index is 10.8. The van der Waals surface area contributed by atoms with Gasteiger partial charge in [0.15, 0.2) is 0 Å². The summed E-state index contributed by atoms with van der Waals surface area (Å²) >= 11 is 0. The molecule has 0 saturated heterocycles. The number of aliphatic carboxylic acids is 1. The summed E-state index contributed by atoms with van der Waals surface area (Å²) in [5.41, 5.74) is 0. The normalized spacial score (nSPS) is 9.92. The van der Waals surface area contributed by atoms with Crippen LogP contribution in [0.15, 0.2) is 0 Å². The second-order valence-electron chi connectivity index (χ2n) is 2.24. The summed E-state index contributed by atoms with van der Waals surface area (Å²) in [4.78, 5) is 21.2. The monoisotopic (exact) mass is 173 g/mol. The van der Waals surface area contributed by atoms with Crippen molar-refractivity contribution in [3.63, 3.8) is 0 Å². The number of carbonyl (C=O) groups excluding carboxylic acids is 1. The third-order valence-corrected chi connectivity index (χ3v) is 1.39. The van der Waals surface area contributed by atoms with Crippen LogP contribution in [0.2, 0.25) is 0 Å². The largest absolute Gasteiger partial charge is 0.481 e. The highest BCUT2D eigenvalue weighted by atomic mass is 16.5. The van der Waals surface area contributed by atoms with Gasteiger partial charge in [0.1, 0.15) is 0 Å². The van der Waals surface area contributed by atoms with Gasteiger partial charge in [-0.25, -0.2) is 0 Å².